The SMILES string of the molecule is C.C.CC.CCCC[C@H](CC)Oc1ccc(-c2cccc(/C=C(\C)c3ccc(C(C)(C)O)cc3OC)c2C)cc1C1=CN1. The van der Waals surface area contributed by atoms with Crippen molar-refractivity contribution in [2.24, 2.45) is 0 Å². The average molecular weight is 588 g/mol. The summed E-state index contributed by atoms with van der Waals surface area (Å²) in [6, 6.07) is 18.9. The van der Waals surface area contributed by atoms with E-state index in [1.807, 2.05) is 38.2 Å². The van der Waals surface area contributed by atoms with Crippen molar-refractivity contribution in [2.75, 3.05) is 7.11 Å². The van der Waals surface area contributed by atoms with E-state index >= 15 is 0 Å². The van der Waals surface area contributed by atoms with E-state index in [1.165, 1.54) is 29.5 Å². The lowest BCUT2D eigenvalue weighted by Crippen LogP contribution is -2.16. The quantitative estimate of drug-likeness (QED) is 0.207. The lowest BCUT2D eigenvalue weighted by atomic mass is 9.92. The summed E-state index contributed by atoms with van der Waals surface area (Å²) in [5, 5.41) is 13.7. The maximum absolute atomic E-state index is 10.4. The molecule has 1 aliphatic heterocycles. The molecule has 0 amide bonds. The van der Waals surface area contributed by atoms with Crippen LogP contribution in [0.3, 0.4) is 0 Å². The van der Waals surface area contributed by atoms with Crippen molar-refractivity contribution in [1.29, 1.82) is 0 Å². The van der Waals surface area contributed by atoms with Crippen molar-refractivity contribution < 1.29 is 14.6 Å². The molecule has 4 rings (SSSR count). The zero-order valence-corrected chi connectivity index (χ0v) is 26.5. The number of benzene rings is 3. The lowest BCUT2D eigenvalue weighted by Gasteiger charge is -2.20. The highest BCUT2D eigenvalue weighted by Crippen LogP contribution is 2.37. The number of aliphatic hydroxyl groups is 1. The Kier molecular flexibility index (Phi) is 14.8. The van der Waals surface area contributed by atoms with Gasteiger partial charge in [0.25, 0.3) is 0 Å². The molecule has 0 aliphatic carbocycles. The predicted molar refractivity (Wildman–Crippen MR) is 189 cm³/mol. The molecule has 0 spiro atoms. The molecule has 0 unspecified atom stereocenters. The molecule has 3 aromatic carbocycles. The van der Waals surface area contributed by atoms with Crippen molar-refractivity contribution in [3.8, 4) is 22.6 Å². The first kappa shape index (κ1) is 37.5. The zero-order valence-electron chi connectivity index (χ0n) is 26.5. The van der Waals surface area contributed by atoms with Crippen LogP contribution in [0.25, 0.3) is 28.5 Å². The zero-order chi connectivity index (χ0) is 30.2. The van der Waals surface area contributed by atoms with Crippen molar-refractivity contribution in [3.63, 3.8) is 0 Å². The van der Waals surface area contributed by atoms with Gasteiger partial charge in [-0.15, -0.1) is 0 Å². The van der Waals surface area contributed by atoms with E-state index in [1.54, 1.807) is 21.0 Å². The minimum atomic E-state index is -0.924. The van der Waals surface area contributed by atoms with Crippen molar-refractivity contribution >= 4 is 17.3 Å². The summed E-state index contributed by atoms with van der Waals surface area (Å²) < 4.78 is 12.2. The second-order valence-corrected chi connectivity index (χ2v) is 11.0. The number of nitrogens with one attached hydrogen (secondary N) is 1. The number of unbranched alkanes of at least 4 members (excludes halogenated alkanes) is 1. The van der Waals surface area contributed by atoms with Gasteiger partial charge in [-0.1, -0.05) is 97.9 Å². The van der Waals surface area contributed by atoms with Crippen LogP contribution in [0.4, 0.5) is 0 Å². The van der Waals surface area contributed by atoms with Gasteiger partial charge in [0, 0.05) is 17.3 Å². The Balaban J connectivity index is 0.00000226. The number of hydrogen-bond acceptors (Lipinski definition) is 4. The van der Waals surface area contributed by atoms with Crippen molar-refractivity contribution in [1.82, 2.24) is 5.32 Å². The molecule has 236 valence electrons. The molecular formula is C39H57NO3. The minimum absolute atomic E-state index is 0. The summed E-state index contributed by atoms with van der Waals surface area (Å²) in [4.78, 5) is 0. The highest BCUT2D eigenvalue weighted by molar-refractivity contribution is 5.87. The van der Waals surface area contributed by atoms with E-state index in [2.05, 4.69) is 75.5 Å². The molecule has 3 aromatic rings. The number of allylic oxidation sites excluding steroid dienone is 1. The molecule has 4 nitrogen and oxygen atoms in total. The third-order valence-corrected chi connectivity index (χ3v) is 7.58. The minimum Gasteiger partial charge on any atom is -0.496 e. The summed E-state index contributed by atoms with van der Waals surface area (Å²) in [6.45, 7) is 16.3. The average Bonchev–Trinajstić information content (AvgIpc) is 3.82. The van der Waals surface area contributed by atoms with Crippen LogP contribution in [0.1, 0.15) is 117 Å². The number of methoxy groups -OCH3 is 1. The summed E-state index contributed by atoms with van der Waals surface area (Å²) in [6.07, 6.45) is 8.93. The molecular weight excluding hydrogens is 530 g/mol. The highest BCUT2D eigenvalue weighted by Gasteiger charge is 2.20. The van der Waals surface area contributed by atoms with Gasteiger partial charge in [-0.05, 0) is 92.1 Å². The molecule has 43 heavy (non-hydrogen) atoms. The monoisotopic (exact) mass is 587 g/mol. The molecule has 0 saturated heterocycles. The first-order valence-electron chi connectivity index (χ1n) is 15.1. The van der Waals surface area contributed by atoms with Gasteiger partial charge in [-0.2, -0.15) is 0 Å². The van der Waals surface area contributed by atoms with Crippen molar-refractivity contribution in [2.45, 2.75) is 108 Å². The topological polar surface area (TPSA) is 60.6 Å². The molecule has 4 heteroatoms. The maximum atomic E-state index is 10.4. The van der Waals surface area contributed by atoms with E-state index < -0.39 is 5.60 Å². The second kappa shape index (κ2) is 17.0. The molecule has 1 aliphatic rings. The smallest absolute Gasteiger partial charge is 0.129 e. The van der Waals surface area contributed by atoms with Crippen LogP contribution in [-0.4, -0.2) is 18.3 Å². The van der Waals surface area contributed by atoms with Crippen LogP contribution < -0.4 is 14.8 Å². The molecule has 0 aromatic heterocycles. The Morgan fingerprint density at radius 1 is 0.977 bits per heavy atom. The van der Waals surface area contributed by atoms with E-state index in [-0.39, 0.29) is 21.0 Å². The van der Waals surface area contributed by atoms with Crippen LogP contribution in [-0.2, 0) is 5.60 Å². The van der Waals surface area contributed by atoms with Gasteiger partial charge in [0.1, 0.15) is 11.5 Å². The molecule has 1 atom stereocenters. The van der Waals surface area contributed by atoms with Crippen molar-refractivity contribution in [3.05, 3.63) is 88.6 Å². The fourth-order valence-electron chi connectivity index (χ4n) is 4.99. The Hall–Kier alpha value is -3.50. The summed E-state index contributed by atoms with van der Waals surface area (Å²) in [7, 11) is 1.67. The maximum Gasteiger partial charge on any atom is 0.129 e. The summed E-state index contributed by atoms with van der Waals surface area (Å²) in [5.41, 5.74) is 9.02. The first-order valence-corrected chi connectivity index (χ1v) is 15.1. The predicted octanol–water partition coefficient (Wildman–Crippen LogP) is 11.0. The number of ether oxygens (including phenoxy) is 2. The summed E-state index contributed by atoms with van der Waals surface area (Å²) in [5.74, 6) is 1.70. The van der Waals surface area contributed by atoms with Gasteiger partial charge in [-0.25, -0.2) is 0 Å². The normalized spacial score (nSPS) is 12.8. The van der Waals surface area contributed by atoms with Gasteiger partial charge in [0.15, 0.2) is 0 Å². The number of hydrogen-bond donors (Lipinski definition) is 2. The first-order chi connectivity index (χ1) is 19.7. The largest absolute Gasteiger partial charge is 0.496 e. The van der Waals surface area contributed by atoms with Crippen LogP contribution in [0.2, 0.25) is 0 Å². The molecule has 1 heterocycles. The Morgan fingerprint density at radius 3 is 2.26 bits per heavy atom. The molecule has 0 bridgehead atoms. The molecule has 0 saturated carbocycles. The van der Waals surface area contributed by atoms with Crippen LogP contribution in [0, 0.1) is 6.92 Å². The molecule has 0 radical (unpaired) electrons. The van der Waals surface area contributed by atoms with Gasteiger partial charge in [0.2, 0.25) is 0 Å². The van der Waals surface area contributed by atoms with Crippen LogP contribution >= 0.6 is 0 Å². The summed E-state index contributed by atoms with van der Waals surface area (Å²) >= 11 is 0. The Morgan fingerprint density at radius 2 is 1.67 bits per heavy atom. The van der Waals surface area contributed by atoms with E-state index in [9.17, 15) is 5.11 Å². The van der Waals surface area contributed by atoms with Gasteiger partial charge < -0.3 is 19.9 Å². The standard InChI is InChI=1S/C35H43NO3.C2H6.2CH4/c1-8-10-13-28(9-2)39-33-18-15-26(20-31(33)32-22-36-32)30-14-11-12-25(24(30)4)19-23(3)29-17-16-27(35(5,6)37)21-34(29)38-7;1-2;;/h11-12,14-22,28,36-37H,8-10,13H2,1-7H3;1-2H3;2*1H4/b23-19+;;;/t28-;;;/m0.../s1. The Labute approximate surface area is 262 Å². The third-order valence-electron chi connectivity index (χ3n) is 7.58. The fraction of sp³-hybridized carbons (Fsp3) is 0.436. The van der Waals surface area contributed by atoms with Gasteiger partial charge >= 0.3 is 0 Å². The van der Waals surface area contributed by atoms with E-state index in [0.29, 0.717) is 0 Å². The third kappa shape index (κ3) is 9.49. The highest BCUT2D eigenvalue weighted by atomic mass is 16.5. The Bertz CT molecular complexity index is 1380. The van der Waals surface area contributed by atoms with E-state index in [0.717, 1.165) is 57.9 Å². The fourth-order valence-corrected chi connectivity index (χ4v) is 4.99. The second-order valence-electron chi connectivity index (χ2n) is 11.0. The van der Waals surface area contributed by atoms with E-state index in [4.69, 9.17) is 9.47 Å². The van der Waals surface area contributed by atoms with Crippen LogP contribution in [0.15, 0.2) is 60.8 Å². The molecule has 0 fully saturated rings. The lowest BCUT2D eigenvalue weighted by molar-refractivity contribution is 0.0783. The number of rotatable bonds is 12. The van der Waals surface area contributed by atoms with Gasteiger partial charge in [0.05, 0.1) is 24.5 Å². The molecule has 2 N–H and O–H groups in total. The van der Waals surface area contributed by atoms with Crippen LogP contribution in [0.5, 0.6) is 11.5 Å². The van der Waals surface area contributed by atoms with Gasteiger partial charge in [-0.3, -0.25) is 0 Å².